The first-order valence-corrected chi connectivity index (χ1v) is 10.1. The minimum atomic E-state index is -0.395. The van der Waals surface area contributed by atoms with Gasteiger partial charge in [-0.2, -0.15) is 4.98 Å². The maximum atomic E-state index is 12.2. The zero-order valence-corrected chi connectivity index (χ0v) is 18.5. The van der Waals surface area contributed by atoms with Crippen molar-refractivity contribution in [1.29, 1.82) is 0 Å². The van der Waals surface area contributed by atoms with Crippen molar-refractivity contribution in [3.8, 4) is 34.4 Å². The molecule has 0 aliphatic rings. The molecule has 1 heterocycles. The lowest BCUT2D eigenvalue weighted by atomic mass is 10.1. The average Bonchev–Trinajstić information content (AvgIpc) is 3.30. The van der Waals surface area contributed by atoms with Gasteiger partial charge in [-0.3, -0.25) is 4.79 Å². The standard InChI is InChI=1S/C23H26N2O7/c1-5-30-17-9-7-6-8-16(17)23-24-20(32-25-23)14-31-21(26)11-10-15-12-18(27-2)22(29-4)19(13-15)28-3/h6-9,12-13H,5,10-11,14H2,1-4H3. The second kappa shape index (κ2) is 11.0. The van der Waals surface area contributed by atoms with E-state index in [1.165, 1.54) is 7.11 Å². The van der Waals surface area contributed by atoms with Gasteiger partial charge in [0.05, 0.1) is 33.5 Å². The molecule has 3 aromatic rings. The van der Waals surface area contributed by atoms with E-state index in [0.29, 0.717) is 47.4 Å². The van der Waals surface area contributed by atoms with Gasteiger partial charge in [-0.05, 0) is 43.2 Å². The number of aromatic nitrogens is 2. The molecule has 0 unspecified atom stereocenters. The van der Waals surface area contributed by atoms with E-state index in [9.17, 15) is 4.79 Å². The van der Waals surface area contributed by atoms with E-state index in [1.54, 1.807) is 26.4 Å². The number of esters is 1. The number of ether oxygens (including phenoxy) is 5. The highest BCUT2D eigenvalue weighted by Gasteiger charge is 2.16. The van der Waals surface area contributed by atoms with Crippen LogP contribution in [0.2, 0.25) is 0 Å². The minimum absolute atomic E-state index is 0.113. The zero-order valence-electron chi connectivity index (χ0n) is 18.5. The van der Waals surface area contributed by atoms with Crippen molar-refractivity contribution in [1.82, 2.24) is 10.1 Å². The molecule has 9 heteroatoms. The summed E-state index contributed by atoms with van der Waals surface area (Å²) in [6.07, 6.45) is 0.596. The molecule has 0 aliphatic carbocycles. The second-order valence-corrected chi connectivity index (χ2v) is 6.64. The largest absolute Gasteiger partial charge is 0.493 e. The summed E-state index contributed by atoms with van der Waals surface area (Å²) in [5, 5.41) is 3.96. The third kappa shape index (κ3) is 5.48. The maximum Gasteiger partial charge on any atom is 0.306 e. The number of para-hydroxylation sites is 1. The molecule has 170 valence electrons. The van der Waals surface area contributed by atoms with Crippen LogP contribution in [0.4, 0.5) is 0 Å². The van der Waals surface area contributed by atoms with Crippen molar-refractivity contribution in [2.24, 2.45) is 0 Å². The Morgan fingerprint density at radius 3 is 2.38 bits per heavy atom. The molecule has 0 N–H and O–H groups in total. The number of methoxy groups -OCH3 is 3. The Morgan fingerprint density at radius 1 is 1.00 bits per heavy atom. The van der Waals surface area contributed by atoms with Crippen molar-refractivity contribution >= 4 is 5.97 Å². The van der Waals surface area contributed by atoms with Crippen LogP contribution in [0.3, 0.4) is 0 Å². The molecule has 0 spiro atoms. The molecule has 0 aliphatic heterocycles. The number of hydrogen-bond acceptors (Lipinski definition) is 9. The Kier molecular flexibility index (Phi) is 7.91. The molecule has 2 aromatic carbocycles. The number of aryl methyl sites for hydroxylation is 1. The van der Waals surface area contributed by atoms with Crippen LogP contribution < -0.4 is 18.9 Å². The molecule has 0 atom stereocenters. The minimum Gasteiger partial charge on any atom is -0.493 e. The van der Waals surface area contributed by atoms with Crippen molar-refractivity contribution in [3.63, 3.8) is 0 Å². The van der Waals surface area contributed by atoms with Crippen LogP contribution in [0.5, 0.6) is 23.0 Å². The van der Waals surface area contributed by atoms with E-state index >= 15 is 0 Å². The van der Waals surface area contributed by atoms with Gasteiger partial charge in [0, 0.05) is 6.42 Å². The van der Waals surface area contributed by atoms with Crippen molar-refractivity contribution in [2.75, 3.05) is 27.9 Å². The van der Waals surface area contributed by atoms with Crippen LogP contribution in [0.15, 0.2) is 40.9 Å². The lowest BCUT2D eigenvalue weighted by molar-refractivity contribution is -0.145. The van der Waals surface area contributed by atoms with Crippen molar-refractivity contribution in [2.45, 2.75) is 26.4 Å². The van der Waals surface area contributed by atoms with Gasteiger partial charge < -0.3 is 28.2 Å². The topological polar surface area (TPSA) is 102 Å². The van der Waals surface area contributed by atoms with Crippen LogP contribution in [-0.4, -0.2) is 44.0 Å². The molecule has 3 rings (SSSR count). The van der Waals surface area contributed by atoms with Crippen LogP contribution in [0.1, 0.15) is 24.8 Å². The quantitative estimate of drug-likeness (QED) is 0.410. The summed E-state index contributed by atoms with van der Waals surface area (Å²) in [6, 6.07) is 11.0. The van der Waals surface area contributed by atoms with Crippen molar-refractivity contribution in [3.05, 3.63) is 47.9 Å². The van der Waals surface area contributed by atoms with Crippen LogP contribution in [0, 0.1) is 0 Å². The number of nitrogens with zero attached hydrogens (tertiary/aromatic N) is 2. The Morgan fingerprint density at radius 2 is 1.72 bits per heavy atom. The Balaban J connectivity index is 1.58. The predicted octanol–water partition coefficient (Wildman–Crippen LogP) is 3.84. The van der Waals surface area contributed by atoms with Gasteiger partial charge >= 0.3 is 5.97 Å². The molecule has 0 amide bonds. The van der Waals surface area contributed by atoms with E-state index in [0.717, 1.165) is 5.56 Å². The molecule has 32 heavy (non-hydrogen) atoms. The summed E-state index contributed by atoms with van der Waals surface area (Å²) in [4.78, 5) is 16.5. The monoisotopic (exact) mass is 442 g/mol. The van der Waals surface area contributed by atoms with Gasteiger partial charge in [0.15, 0.2) is 18.1 Å². The summed E-state index contributed by atoms with van der Waals surface area (Å²) in [5.41, 5.74) is 1.56. The highest BCUT2D eigenvalue weighted by molar-refractivity contribution is 5.70. The lowest BCUT2D eigenvalue weighted by Gasteiger charge is -2.14. The summed E-state index contributed by atoms with van der Waals surface area (Å²) < 4.78 is 32.1. The Hall–Kier alpha value is -3.75. The molecule has 0 saturated carbocycles. The van der Waals surface area contributed by atoms with E-state index in [4.69, 9.17) is 28.2 Å². The van der Waals surface area contributed by atoms with Gasteiger partial charge in [-0.1, -0.05) is 17.3 Å². The van der Waals surface area contributed by atoms with Gasteiger partial charge in [0.2, 0.25) is 11.6 Å². The van der Waals surface area contributed by atoms with Crippen LogP contribution in [-0.2, 0) is 22.6 Å². The highest BCUT2D eigenvalue weighted by Crippen LogP contribution is 2.38. The van der Waals surface area contributed by atoms with E-state index in [1.807, 2.05) is 31.2 Å². The number of rotatable bonds is 11. The fourth-order valence-corrected chi connectivity index (χ4v) is 3.10. The van der Waals surface area contributed by atoms with E-state index in [-0.39, 0.29) is 18.9 Å². The fourth-order valence-electron chi connectivity index (χ4n) is 3.10. The molecule has 0 radical (unpaired) electrons. The Labute approximate surface area is 186 Å². The Bertz CT molecular complexity index is 1020. The smallest absolute Gasteiger partial charge is 0.306 e. The van der Waals surface area contributed by atoms with Gasteiger partial charge in [-0.15, -0.1) is 0 Å². The van der Waals surface area contributed by atoms with Crippen molar-refractivity contribution < 1.29 is 33.0 Å². The highest BCUT2D eigenvalue weighted by atomic mass is 16.6. The summed E-state index contributed by atoms with van der Waals surface area (Å²) in [7, 11) is 4.62. The molecular formula is C23H26N2O7. The zero-order chi connectivity index (χ0) is 22.9. The molecule has 9 nitrogen and oxygen atoms in total. The summed E-state index contributed by atoms with van der Waals surface area (Å²) in [5.74, 6) is 2.39. The number of hydrogen-bond donors (Lipinski definition) is 0. The average molecular weight is 442 g/mol. The third-order valence-corrected chi connectivity index (χ3v) is 4.59. The molecule has 0 fully saturated rings. The number of carbonyl (C=O) groups excluding carboxylic acids is 1. The molecule has 1 aromatic heterocycles. The number of benzene rings is 2. The normalized spacial score (nSPS) is 10.5. The first kappa shape index (κ1) is 22.9. The van der Waals surface area contributed by atoms with Gasteiger partial charge in [0.1, 0.15) is 5.75 Å². The predicted molar refractivity (Wildman–Crippen MR) is 115 cm³/mol. The summed E-state index contributed by atoms with van der Waals surface area (Å²) >= 11 is 0. The van der Waals surface area contributed by atoms with Crippen LogP contribution in [0.25, 0.3) is 11.4 Å². The SMILES string of the molecule is CCOc1ccccc1-c1noc(COC(=O)CCc2cc(OC)c(OC)c(OC)c2)n1. The van der Waals surface area contributed by atoms with E-state index in [2.05, 4.69) is 10.1 Å². The molecular weight excluding hydrogens is 416 g/mol. The number of carbonyl (C=O) groups is 1. The third-order valence-electron chi connectivity index (χ3n) is 4.59. The van der Waals surface area contributed by atoms with Gasteiger partial charge in [0.25, 0.3) is 5.89 Å². The van der Waals surface area contributed by atoms with Gasteiger partial charge in [-0.25, -0.2) is 0 Å². The summed E-state index contributed by atoms with van der Waals surface area (Å²) in [6.45, 7) is 2.30. The molecule has 0 saturated heterocycles. The first-order chi connectivity index (χ1) is 15.6. The second-order valence-electron chi connectivity index (χ2n) is 6.64. The van der Waals surface area contributed by atoms with E-state index < -0.39 is 5.97 Å². The lowest BCUT2D eigenvalue weighted by Crippen LogP contribution is -2.06. The van der Waals surface area contributed by atoms with Crippen LogP contribution >= 0.6 is 0 Å². The molecule has 0 bridgehead atoms. The maximum absolute atomic E-state index is 12.2. The first-order valence-electron chi connectivity index (χ1n) is 10.1. The fraction of sp³-hybridized carbons (Fsp3) is 0.348.